The lowest BCUT2D eigenvalue weighted by atomic mass is 10.2. The molecule has 218 valence electrons. The highest BCUT2D eigenvalue weighted by atomic mass is 35.5. The number of methoxy groups -OCH3 is 2. The maximum atomic E-state index is 13.8. The summed E-state index contributed by atoms with van der Waals surface area (Å²) in [5, 5.41) is 0.555. The van der Waals surface area contributed by atoms with E-state index in [4.69, 9.17) is 14.5 Å². The third kappa shape index (κ3) is 6.13. The number of fused-ring (bicyclic) bond motifs is 2. The van der Waals surface area contributed by atoms with Crippen molar-refractivity contribution >= 4 is 60.7 Å². The quantitative estimate of drug-likeness (QED) is 0.245. The van der Waals surface area contributed by atoms with Crippen molar-refractivity contribution in [3.8, 4) is 11.5 Å². The number of halogens is 1. The molecule has 5 rings (SSSR count). The Morgan fingerprint density at radius 1 is 1.00 bits per heavy atom. The summed E-state index contributed by atoms with van der Waals surface area (Å²) in [5.74, 6) is 0.912. The molecule has 0 unspecified atom stereocenters. The molecule has 1 aliphatic heterocycles. The molecule has 1 aliphatic rings. The van der Waals surface area contributed by atoms with E-state index >= 15 is 0 Å². The van der Waals surface area contributed by atoms with Crippen LogP contribution in [-0.4, -0.2) is 72.2 Å². The molecule has 0 fully saturated rings. The molecule has 0 spiro atoms. The number of aromatic nitrogens is 1. The van der Waals surface area contributed by atoms with Gasteiger partial charge < -0.3 is 14.4 Å². The number of sulfonamides is 1. The van der Waals surface area contributed by atoms with Gasteiger partial charge in [-0.3, -0.25) is 14.0 Å². The van der Waals surface area contributed by atoms with Crippen LogP contribution in [0.15, 0.2) is 65.6 Å². The summed E-state index contributed by atoms with van der Waals surface area (Å²) in [7, 11) is 3.37. The largest absolute Gasteiger partial charge is 0.493 e. The average molecular weight is 617 g/mol. The van der Waals surface area contributed by atoms with Gasteiger partial charge in [-0.25, -0.2) is 13.4 Å². The predicted octanol–water partition coefficient (Wildman–Crippen LogP) is 5.09. The highest BCUT2D eigenvalue weighted by Crippen LogP contribution is 2.38. The monoisotopic (exact) mass is 616 g/mol. The molecule has 12 heteroatoms. The number of hydrogen-bond acceptors (Lipinski definition) is 8. The van der Waals surface area contributed by atoms with Crippen molar-refractivity contribution < 1.29 is 22.7 Å². The van der Waals surface area contributed by atoms with Gasteiger partial charge in [0.1, 0.15) is 0 Å². The number of anilines is 2. The maximum Gasteiger partial charge on any atom is 0.264 e. The molecule has 1 aromatic heterocycles. The zero-order valence-corrected chi connectivity index (χ0v) is 25.8. The summed E-state index contributed by atoms with van der Waals surface area (Å²) in [4.78, 5) is 22.4. The van der Waals surface area contributed by atoms with Crippen molar-refractivity contribution in [2.75, 3.05) is 57.2 Å². The van der Waals surface area contributed by atoms with Gasteiger partial charge in [0.25, 0.3) is 15.9 Å². The summed E-state index contributed by atoms with van der Waals surface area (Å²) < 4.78 is 40.0. The average Bonchev–Trinajstić information content (AvgIpc) is 3.58. The van der Waals surface area contributed by atoms with Gasteiger partial charge in [-0.15, -0.1) is 12.4 Å². The number of amides is 1. The van der Waals surface area contributed by atoms with Crippen molar-refractivity contribution in [3.05, 3.63) is 71.8 Å². The molecule has 0 bridgehead atoms. The molecule has 1 amide bonds. The Hall–Kier alpha value is -3.38. The molecule has 0 aliphatic carbocycles. The van der Waals surface area contributed by atoms with E-state index in [-0.39, 0.29) is 23.2 Å². The molecule has 9 nitrogen and oxygen atoms in total. The van der Waals surface area contributed by atoms with Crippen molar-refractivity contribution in [2.24, 2.45) is 0 Å². The number of thiazole rings is 1. The lowest BCUT2D eigenvalue weighted by Crippen LogP contribution is -2.33. The Kier molecular flexibility index (Phi) is 9.43. The zero-order chi connectivity index (χ0) is 28.4. The normalized spacial score (nSPS) is 12.8. The van der Waals surface area contributed by atoms with E-state index in [0.717, 1.165) is 23.2 Å². The number of carbonyl (C=O) groups excluding carboxylic acids is 1. The van der Waals surface area contributed by atoms with E-state index in [1.807, 2.05) is 44.4 Å². The van der Waals surface area contributed by atoms with E-state index in [1.165, 1.54) is 27.8 Å². The number of nitrogens with zero attached hydrogens (tertiary/aromatic N) is 4. The Bertz CT molecular complexity index is 1600. The highest BCUT2D eigenvalue weighted by molar-refractivity contribution is 7.92. The topological polar surface area (TPSA) is 92.3 Å². The fraction of sp³-hybridized carbons (Fsp3) is 0.310. The molecule has 0 radical (unpaired) electrons. The molecule has 0 atom stereocenters. The van der Waals surface area contributed by atoms with Crippen LogP contribution in [0.2, 0.25) is 0 Å². The molecule has 3 aromatic carbocycles. The highest BCUT2D eigenvalue weighted by Gasteiger charge is 2.31. The van der Waals surface area contributed by atoms with Gasteiger partial charge in [0.05, 0.1) is 35.0 Å². The molecule has 0 saturated carbocycles. The summed E-state index contributed by atoms with van der Waals surface area (Å²) in [5.41, 5.74) is 2.81. The van der Waals surface area contributed by atoms with Gasteiger partial charge in [0, 0.05) is 30.8 Å². The lowest BCUT2D eigenvalue weighted by Gasteiger charge is -2.22. The summed E-state index contributed by atoms with van der Waals surface area (Å²) in [6.07, 6.45) is 1.41. The van der Waals surface area contributed by atoms with Crippen LogP contribution in [0.3, 0.4) is 0 Å². The molecule has 41 heavy (non-hydrogen) atoms. The number of carbonyl (C=O) groups is 1. The fourth-order valence-electron chi connectivity index (χ4n) is 4.80. The standard InChI is InChI=1S/C29H32N4O5S2.ClH/c1-31(2)15-7-16-32(29-30-23-18-25(37-3)26(38-4)19-27(23)39-29)28(34)21-10-12-22(13-11-21)40(35,36)33-17-14-20-8-5-6-9-24(20)33;/h5-6,8-13,18-19H,7,14-17H2,1-4H3;1H. The number of hydrogen-bond donors (Lipinski definition) is 0. The van der Waals surface area contributed by atoms with Crippen LogP contribution >= 0.6 is 23.7 Å². The van der Waals surface area contributed by atoms with Crippen LogP contribution in [-0.2, 0) is 16.4 Å². The minimum atomic E-state index is -3.75. The lowest BCUT2D eigenvalue weighted by molar-refractivity contribution is 0.0986. The van der Waals surface area contributed by atoms with E-state index in [0.29, 0.717) is 52.9 Å². The Morgan fingerprint density at radius 2 is 1.68 bits per heavy atom. The number of para-hydroxylation sites is 1. The van der Waals surface area contributed by atoms with E-state index in [1.54, 1.807) is 37.3 Å². The van der Waals surface area contributed by atoms with Crippen molar-refractivity contribution in [1.29, 1.82) is 0 Å². The first-order chi connectivity index (χ1) is 19.2. The summed E-state index contributed by atoms with van der Waals surface area (Å²) in [6.45, 7) is 1.65. The van der Waals surface area contributed by atoms with Crippen LogP contribution in [0.4, 0.5) is 10.8 Å². The van der Waals surface area contributed by atoms with E-state index in [2.05, 4.69) is 4.90 Å². The molecular weight excluding hydrogens is 584 g/mol. The van der Waals surface area contributed by atoms with Crippen molar-refractivity contribution in [2.45, 2.75) is 17.7 Å². The molecule has 0 N–H and O–H groups in total. The van der Waals surface area contributed by atoms with Gasteiger partial charge in [-0.1, -0.05) is 29.5 Å². The first kappa shape index (κ1) is 30.6. The number of rotatable bonds is 10. The third-order valence-electron chi connectivity index (χ3n) is 6.88. The van der Waals surface area contributed by atoms with Crippen LogP contribution in [0, 0.1) is 0 Å². The zero-order valence-electron chi connectivity index (χ0n) is 23.4. The minimum Gasteiger partial charge on any atom is -0.493 e. The maximum absolute atomic E-state index is 13.8. The molecule has 0 saturated heterocycles. The fourth-order valence-corrected chi connectivity index (χ4v) is 7.30. The second kappa shape index (κ2) is 12.6. The van der Waals surface area contributed by atoms with Gasteiger partial charge in [-0.05, 0) is 69.4 Å². The van der Waals surface area contributed by atoms with Crippen LogP contribution < -0.4 is 18.7 Å². The number of benzene rings is 3. The summed E-state index contributed by atoms with van der Waals surface area (Å²) in [6, 6.07) is 17.4. The Balaban J connectivity index is 0.00000387. The van der Waals surface area contributed by atoms with Gasteiger partial charge in [0.2, 0.25) is 0 Å². The van der Waals surface area contributed by atoms with Gasteiger partial charge in [0.15, 0.2) is 16.6 Å². The Labute approximate surface area is 250 Å². The minimum absolute atomic E-state index is 0. The second-order valence-corrected chi connectivity index (χ2v) is 12.6. The molecule has 4 aromatic rings. The van der Waals surface area contributed by atoms with Gasteiger partial charge in [-0.2, -0.15) is 0 Å². The Morgan fingerprint density at radius 3 is 2.37 bits per heavy atom. The van der Waals surface area contributed by atoms with E-state index in [9.17, 15) is 13.2 Å². The van der Waals surface area contributed by atoms with E-state index < -0.39 is 10.0 Å². The van der Waals surface area contributed by atoms with Crippen LogP contribution in [0.1, 0.15) is 22.3 Å². The van der Waals surface area contributed by atoms with Crippen LogP contribution in [0.5, 0.6) is 11.5 Å². The van der Waals surface area contributed by atoms with Crippen molar-refractivity contribution in [1.82, 2.24) is 9.88 Å². The third-order valence-corrected chi connectivity index (χ3v) is 9.75. The molecule has 2 heterocycles. The SMILES string of the molecule is COc1cc2nc(N(CCCN(C)C)C(=O)c3ccc(S(=O)(=O)N4CCc5ccccc54)cc3)sc2cc1OC.Cl. The summed E-state index contributed by atoms with van der Waals surface area (Å²) >= 11 is 1.40. The van der Waals surface area contributed by atoms with Crippen LogP contribution in [0.25, 0.3) is 10.2 Å². The first-order valence-corrected chi connectivity index (χ1v) is 15.2. The number of ether oxygens (including phenoxy) is 2. The molecular formula is C29H33ClN4O5S2. The first-order valence-electron chi connectivity index (χ1n) is 12.9. The van der Waals surface area contributed by atoms with Crippen molar-refractivity contribution in [3.63, 3.8) is 0 Å². The smallest absolute Gasteiger partial charge is 0.264 e. The second-order valence-electron chi connectivity index (χ2n) is 9.77. The predicted molar refractivity (Wildman–Crippen MR) is 166 cm³/mol. The van der Waals surface area contributed by atoms with Gasteiger partial charge >= 0.3 is 0 Å².